The molecule has 0 fully saturated rings. The van der Waals surface area contributed by atoms with Gasteiger partial charge in [-0.25, -0.2) is 9.78 Å². The van der Waals surface area contributed by atoms with Crippen molar-refractivity contribution in [2.75, 3.05) is 0 Å². The van der Waals surface area contributed by atoms with Gasteiger partial charge in [-0.1, -0.05) is 32.4 Å². The minimum absolute atomic E-state index is 0.185. The normalized spacial score (nSPS) is 12.9. The molecule has 0 radical (unpaired) electrons. The van der Waals surface area contributed by atoms with Crippen LogP contribution in [0.4, 0.5) is 0 Å². The van der Waals surface area contributed by atoms with Gasteiger partial charge in [-0.3, -0.25) is 4.79 Å². The van der Waals surface area contributed by atoms with E-state index in [1.54, 1.807) is 20.8 Å². The number of nitrogens with one attached hydrogen (secondary N) is 1. The molecule has 0 saturated carbocycles. The summed E-state index contributed by atoms with van der Waals surface area (Å²) in [4.78, 5) is 26.8. The van der Waals surface area contributed by atoms with Crippen LogP contribution in [0.25, 0.3) is 0 Å². The molecule has 0 spiro atoms. The molecule has 0 bridgehead atoms. The van der Waals surface area contributed by atoms with E-state index in [9.17, 15) is 9.59 Å². The van der Waals surface area contributed by atoms with E-state index >= 15 is 0 Å². The molecular weight excluding hydrogens is 256 g/mol. The van der Waals surface area contributed by atoms with Gasteiger partial charge in [0.15, 0.2) is 0 Å². The lowest BCUT2D eigenvalue weighted by molar-refractivity contribution is -0.142. The number of rotatable bonds is 3. The molecule has 0 aliphatic heterocycles. The number of aliphatic carboxylic acids is 1. The van der Waals surface area contributed by atoms with E-state index in [1.165, 1.54) is 18.3 Å². The Morgan fingerprint density at radius 2 is 2.06 bits per heavy atom. The smallest absolute Gasteiger partial charge is 0.326 e. The summed E-state index contributed by atoms with van der Waals surface area (Å²) in [5.74, 6) is -1.56. The lowest BCUT2D eigenvalue weighted by Gasteiger charge is -2.27. The first kappa shape index (κ1) is 14.4. The van der Waals surface area contributed by atoms with E-state index in [4.69, 9.17) is 16.7 Å². The molecule has 5 nitrogen and oxygen atoms in total. The monoisotopic (exact) mass is 270 g/mol. The molecule has 1 unspecified atom stereocenters. The Labute approximate surface area is 110 Å². The number of amides is 1. The second-order valence-corrected chi connectivity index (χ2v) is 5.37. The van der Waals surface area contributed by atoms with Crippen molar-refractivity contribution >= 4 is 23.5 Å². The number of hydrogen-bond acceptors (Lipinski definition) is 3. The van der Waals surface area contributed by atoms with Crippen LogP contribution >= 0.6 is 11.6 Å². The Morgan fingerprint density at radius 3 is 2.50 bits per heavy atom. The zero-order valence-corrected chi connectivity index (χ0v) is 11.2. The number of aromatic nitrogens is 1. The summed E-state index contributed by atoms with van der Waals surface area (Å²) in [7, 11) is 0. The highest BCUT2D eigenvalue weighted by Crippen LogP contribution is 2.20. The van der Waals surface area contributed by atoms with Gasteiger partial charge in [0.25, 0.3) is 5.91 Å². The Balaban J connectivity index is 2.89. The third-order valence-corrected chi connectivity index (χ3v) is 2.58. The van der Waals surface area contributed by atoms with Crippen molar-refractivity contribution in [1.82, 2.24) is 10.3 Å². The first-order valence-corrected chi connectivity index (χ1v) is 5.75. The lowest BCUT2D eigenvalue weighted by atomic mass is 9.86. The fourth-order valence-corrected chi connectivity index (χ4v) is 1.58. The van der Waals surface area contributed by atoms with Crippen molar-refractivity contribution in [3.05, 3.63) is 29.0 Å². The number of hydrogen-bond donors (Lipinski definition) is 2. The molecule has 0 aliphatic carbocycles. The van der Waals surface area contributed by atoms with Crippen LogP contribution in [-0.4, -0.2) is 28.0 Å². The van der Waals surface area contributed by atoms with E-state index in [0.29, 0.717) is 0 Å². The molecular formula is C12H15ClN2O3. The topological polar surface area (TPSA) is 79.3 Å². The minimum Gasteiger partial charge on any atom is -0.480 e. The number of carboxylic acids is 1. The maximum Gasteiger partial charge on any atom is 0.326 e. The molecule has 0 saturated heterocycles. The van der Waals surface area contributed by atoms with Gasteiger partial charge in [0, 0.05) is 11.8 Å². The van der Waals surface area contributed by atoms with Gasteiger partial charge in [-0.2, -0.15) is 0 Å². The van der Waals surface area contributed by atoms with Crippen LogP contribution in [0.2, 0.25) is 5.15 Å². The molecule has 1 heterocycles. The summed E-state index contributed by atoms with van der Waals surface area (Å²) >= 11 is 5.67. The van der Waals surface area contributed by atoms with E-state index in [2.05, 4.69) is 10.3 Å². The summed E-state index contributed by atoms with van der Waals surface area (Å²) in [5, 5.41) is 11.8. The van der Waals surface area contributed by atoms with Crippen LogP contribution < -0.4 is 5.32 Å². The number of halogens is 1. The summed E-state index contributed by atoms with van der Waals surface area (Å²) in [6.07, 6.45) is 1.39. The number of carboxylic acid groups (broad SMARTS) is 1. The van der Waals surface area contributed by atoms with Gasteiger partial charge in [0.05, 0.1) is 0 Å². The van der Waals surface area contributed by atoms with E-state index < -0.39 is 23.3 Å². The molecule has 6 heteroatoms. The quantitative estimate of drug-likeness (QED) is 0.823. The Morgan fingerprint density at radius 1 is 1.44 bits per heavy atom. The van der Waals surface area contributed by atoms with Crippen LogP contribution in [0.5, 0.6) is 0 Å². The average molecular weight is 271 g/mol. The van der Waals surface area contributed by atoms with E-state index in [-0.39, 0.29) is 10.7 Å². The Hall–Kier alpha value is -1.62. The van der Waals surface area contributed by atoms with Crippen molar-refractivity contribution < 1.29 is 14.7 Å². The maximum atomic E-state index is 11.9. The molecule has 1 atom stereocenters. The van der Waals surface area contributed by atoms with Gasteiger partial charge < -0.3 is 10.4 Å². The fraction of sp³-hybridized carbons (Fsp3) is 0.417. The summed E-state index contributed by atoms with van der Waals surface area (Å²) in [6, 6.07) is 1.89. The van der Waals surface area contributed by atoms with Crippen molar-refractivity contribution in [2.24, 2.45) is 5.41 Å². The number of pyridine rings is 1. The second kappa shape index (κ2) is 5.35. The van der Waals surface area contributed by atoms with Gasteiger partial charge in [-0.15, -0.1) is 0 Å². The van der Waals surface area contributed by atoms with Gasteiger partial charge in [0.1, 0.15) is 11.2 Å². The van der Waals surface area contributed by atoms with Crippen molar-refractivity contribution in [3.63, 3.8) is 0 Å². The van der Waals surface area contributed by atoms with Crippen LogP contribution in [0, 0.1) is 5.41 Å². The number of nitrogens with zero attached hydrogens (tertiary/aromatic N) is 1. The second-order valence-electron chi connectivity index (χ2n) is 4.98. The largest absolute Gasteiger partial charge is 0.480 e. The highest BCUT2D eigenvalue weighted by Gasteiger charge is 2.32. The van der Waals surface area contributed by atoms with E-state index in [0.717, 1.165) is 0 Å². The lowest BCUT2D eigenvalue weighted by Crippen LogP contribution is -2.49. The van der Waals surface area contributed by atoms with Crippen molar-refractivity contribution in [1.29, 1.82) is 0 Å². The summed E-state index contributed by atoms with van der Waals surface area (Å²) < 4.78 is 0. The summed E-state index contributed by atoms with van der Waals surface area (Å²) in [5.41, 5.74) is -0.302. The molecule has 1 rings (SSSR count). The standard InChI is InChI=1S/C12H15ClN2O3/c1-12(2,3)9(11(17)18)15-10(16)7-4-5-14-8(13)6-7/h4-6,9H,1-3H3,(H,15,16)(H,17,18). The number of carbonyl (C=O) groups excluding carboxylic acids is 1. The Kier molecular flexibility index (Phi) is 4.29. The van der Waals surface area contributed by atoms with Crippen LogP contribution in [0.15, 0.2) is 18.3 Å². The zero-order chi connectivity index (χ0) is 13.9. The maximum absolute atomic E-state index is 11.9. The molecule has 98 valence electrons. The predicted octanol–water partition coefficient (Wildman–Crippen LogP) is 1.96. The average Bonchev–Trinajstić information content (AvgIpc) is 2.23. The Bertz CT molecular complexity index is 469. The molecule has 2 N–H and O–H groups in total. The van der Waals surface area contributed by atoms with Crippen molar-refractivity contribution in [3.8, 4) is 0 Å². The number of carbonyl (C=O) groups is 2. The third kappa shape index (κ3) is 3.70. The molecule has 0 aromatic carbocycles. The van der Waals surface area contributed by atoms with Gasteiger partial charge >= 0.3 is 5.97 Å². The van der Waals surface area contributed by atoms with Crippen LogP contribution in [0.3, 0.4) is 0 Å². The molecule has 1 aromatic rings. The molecule has 1 amide bonds. The highest BCUT2D eigenvalue weighted by molar-refractivity contribution is 6.29. The fourth-order valence-electron chi connectivity index (χ4n) is 1.41. The van der Waals surface area contributed by atoms with E-state index in [1.807, 2.05) is 0 Å². The summed E-state index contributed by atoms with van der Waals surface area (Å²) in [6.45, 7) is 5.22. The first-order chi connectivity index (χ1) is 8.21. The minimum atomic E-state index is -1.07. The molecule has 0 aliphatic rings. The van der Waals surface area contributed by atoms with Gasteiger partial charge in [-0.05, 0) is 17.5 Å². The van der Waals surface area contributed by atoms with Crippen molar-refractivity contribution in [2.45, 2.75) is 26.8 Å². The molecule has 1 aromatic heterocycles. The highest BCUT2D eigenvalue weighted by atomic mass is 35.5. The SMILES string of the molecule is CC(C)(C)C(NC(=O)c1ccnc(Cl)c1)C(=O)O. The van der Waals surface area contributed by atoms with Crippen LogP contribution in [-0.2, 0) is 4.79 Å². The third-order valence-electron chi connectivity index (χ3n) is 2.38. The predicted molar refractivity (Wildman–Crippen MR) is 67.6 cm³/mol. The van der Waals surface area contributed by atoms with Crippen LogP contribution in [0.1, 0.15) is 31.1 Å². The zero-order valence-electron chi connectivity index (χ0n) is 10.4. The van der Waals surface area contributed by atoms with Gasteiger partial charge in [0.2, 0.25) is 0 Å². The molecule has 18 heavy (non-hydrogen) atoms. The first-order valence-electron chi connectivity index (χ1n) is 5.37.